The molecular weight excluding hydrogens is 393 g/mol. The molecule has 29 heavy (non-hydrogen) atoms. The Bertz CT molecular complexity index is 1320. The van der Waals surface area contributed by atoms with Gasteiger partial charge >= 0.3 is 0 Å². The van der Waals surface area contributed by atoms with E-state index in [0.29, 0.717) is 34.3 Å². The number of benzene rings is 1. The van der Waals surface area contributed by atoms with Crippen molar-refractivity contribution >= 4 is 20.9 Å². The smallest absolute Gasteiger partial charge is 0.193 e. The number of fused-ring (bicyclic) bond motifs is 1. The number of halogens is 1. The highest BCUT2D eigenvalue weighted by Gasteiger charge is 2.21. The molecule has 0 fully saturated rings. The van der Waals surface area contributed by atoms with Crippen molar-refractivity contribution in [1.82, 2.24) is 24.7 Å². The van der Waals surface area contributed by atoms with Crippen molar-refractivity contribution in [3.8, 4) is 11.5 Å². The van der Waals surface area contributed by atoms with Gasteiger partial charge in [-0.2, -0.15) is 5.10 Å². The molecule has 3 heterocycles. The lowest BCUT2D eigenvalue weighted by Crippen LogP contribution is -2.08. The van der Waals surface area contributed by atoms with Crippen molar-refractivity contribution in [2.75, 3.05) is 6.26 Å². The number of sulfone groups is 1. The van der Waals surface area contributed by atoms with Gasteiger partial charge < -0.3 is 0 Å². The van der Waals surface area contributed by atoms with Gasteiger partial charge in [-0.05, 0) is 24.6 Å². The Balaban J connectivity index is 1.89. The van der Waals surface area contributed by atoms with E-state index in [1.165, 1.54) is 12.3 Å². The fourth-order valence-corrected chi connectivity index (χ4v) is 4.07. The van der Waals surface area contributed by atoms with E-state index in [2.05, 4.69) is 20.1 Å². The third-order valence-electron chi connectivity index (χ3n) is 4.55. The molecule has 0 radical (unpaired) electrons. The molecule has 0 N–H and O–H groups in total. The van der Waals surface area contributed by atoms with Crippen LogP contribution in [0.5, 0.6) is 0 Å². The van der Waals surface area contributed by atoms with Crippen molar-refractivity contribution in [3.05, 3.63) is 65.7 Å². The monoisotopic (exact) mass is 411 g/mol. The van der Waals surface area contributed by atoms with Crippen LogP contribution in [0.2, 0.25) is 0 Å². The second-order valence-corrected chi connectivity index (χ2v) is 8.55. The molecular formula is C20H18FN5O2S. The highest BCUT2D eigenvalue weighted by atomic mass is 32.2. The number of aromatic nitrogens is 5. The van der Waals surface area contributed by atoms with E-state index < -0.39 is 9.84 Å². The molecule has 0 aliphatic rings. The maximum Gasteiger partial charge on any atom is 0.193 e. The molecule has 9 heteroatoms. The zero-order chi connectivity index (χ0) is 20.6. The predicted octanol–water partition coefficient (Wildman–Crippen LogP) is 3.04. The summed E-state index contributed by atoms with van der Waals surface area (Å²) in [7, 11) is -3.53. The van der Waals surface area contributed by atoms with Crippen LogP contribution in [0, 0.1) is 5.82 Å². The van der Waals surface area contributed by atoms with E-state index in [4.69, 9.17) is 0 Å². The van der Waals surface area contributed by atoms with E-state index in [0.717, 1.165) is 6.26 Å². The van der Waals surface area contributed by atoms with Gasteiger partial charge in [0.15, 0.2) is 26.3 Å². The Kier molecular flexibility index (Phi) is 4.83. The van der Waals surface area contributed by atoms with Crippen molar-refractivity contribution < 1.29 is 12.8 Å². The van der Waals surface area contributed by atoms with E-state index in [1.807, 2.05) is 6.92 Å². The molecule has 4 rings (SSSR count). The Morgan fingerprint density at radius 1 is 1.07 bits per heavy atom. The van der Waals surface area contributed by atoms with Gasteiger partial charge in [0, 0.05) is 29.8 Å². The molecule has 0 aliphatic heterocycles. The van der Waals surface area contributed by atoms with Gasteiger partial charge in [0.2, 0.25) is 0 Å². The predicted molar refractivity (Wildman–Crippen MR) is 107 cm³/mol. The molecule has 4 aromatic rings. The summed E-state index contributed by atoms with van der Waals surface area (Å²) in [5.41, 5.74) is 1.95. The van der Waals surface area contributed by atoms with Crippen LogP contribution in [0.15, 0.2) is 53.8 Å². The number of aryl methyl sites for hydroxylation is 1. The van der Waals surface area contributed by atoms with Crippen molar-refractivity contribution in [3.63, 3.8) is 0 Å². The SMILES string of the molecule is CCc1cnc(-c2nn(Cc3ccccc3F)c3ncccc23)nc1S(C)(=O)=O. The minimum absolute atomic E-state index is 0.00862. The van der Waals surface area contributed by atoms with Gasteiger partial charge in [-0.1, -0.05) is 25.1 Å². The fourth-order valence-electron chi connectivity index (χ4n) is 3.14. The van der Waals surface area contributed by atoms with Crippen LogP contribution in [-0.2, 0) is 22.8 Å². The molecule has 148 valence electrons. The number of rotatable bonds is 5. The Hall–Kier alpha value is -3.20. The maximum absolute atomic E-state index is 14.1. The van der Waals surface area contributed by atoms with Crippen LogP contribution < -0.4 is 0 Å². The minimum Gasteiger partial charge on any atom is -0.242 e. The van der Waals surface area contributed by atoms with Gasteiger partial charge in [-0.25, -0.2) is 32.4 Å². The topological polar surface area (TPSA) is 90.6 Å². The molecule has 0 saturated carbocycles. The standard InChI is InChI=1S/C20H18FN5O2S/c1-3-13-11-23-18(24-20(13)29(2,27)28)17-15-8-6-10-22-19(15)26(25-17)12-14-7-4-5-9-16(14)21/h4-11H,3,12H2,1-2H3. The average molecular weight is 411 g/mol. The van der Waals surface area contributed by atoms with Crippen molar-refractivity contribution in [2.45, 2.75) is 24.9 Å². The van der Waals surface area contributed by atoms with E-state index >= 15 is 0 Å². The van der Waals surface area contributed by atoms with Crippen LogP contribution >= 0.6 is 0 Å². The lowest BCUT2D eigenvalue weighted by Gasteiger charge is -2.06. The van der Waals surface area contributed by atoms with Crippen molar-refractivity contribution in [1.29, 1.82) is 0 Å². The summed E-state index contributed by atoms with van der Waals surface area (Å²) < 4.78 is 40.0. The first-order valence-corrected chi connectivity index (χ1v) is 10.9. The summed E-state index contributed by atoms with van der Waals surface area (Å²) in [6.45, 7) is 2.02. The molecule has 0 aliphatic carbocycles. The number of pyridine rings is 1. The molecule has 3 aromatic heterocycles. The summed E-state index contributed by atoms with van der Waals surface area (Å²) in [4.78, 5) is 13.0. The summed E-state index contributed by atoms with van der Waals surface area (Å²) in [6, 6.07) is 10.0. The molecule has 1 aromatic carbocycles. The molecule has 0 unspecified atom stereocenters. The molecule has 0 spiro atoms. The molecule has 0 bridgehead atoms. The number of hydrogen-bond donors (Lipinski definition) is 0. The normalized spacial score (nSPS) is 11.8. The summed E-state index contributed by atoms with van der Waals surface area (Å²) in [5.74, 6) is -0.149. The van der Waals surface area contributed by atoms with Crippen molar-refractivity contribution in [2.24, 2.45) is 0 Å². The summed E-state index contributed by atoms with van der Waals surface area (Å²) >= 11 is 0. The first-order valence-electron chi connectivity index (χ1n) is 8.99. The largest absolute Gasteiger partial charge is 0.242 e. The van der Waals surface area contributed by atoms with Crippen LogP contribution in [0.4, 0.5) is 4.39 Å². The Morgan fingerprint density at radius 3 is 2.59 bits per heavy atom. The van der Waals surface area contributed by atoms with E-state index in [9.17, 15) is 12.8 Å². The average Bonchev–Trinajstić information content (AvgIpc) is 3.07. The summed E-state index contributed by atoms with van der Waals surface area (Å²) in [6.07, 6.45) is 4.74. The molecule has 0 atom stereocenters. The van der Waals surface area contributed by atoms with Gasteiger partial charge in [0.05, 0.1) is 11.9 Å². The van der Waals surface area contributed by atoms with Gasteiger partial charge in [-0.3, -0.25) is 0 Å². The molecule has 0 amide bonds. The number of nitrogens with zero attached hydrogens (tertiary/aromatic N) is 5. The van der Waals surface area contributed by atoms with Gasteiger partial charge in [0.1, 0.15) is 11.5 Å². The van der Waals surface area contributed by atoms with E-state index in [-0.39, 0.29) is 23.2 Å². The van der Waals surface area contributed by atoms with Crippen LogP contribution in [0.25, 0.3) is 22.6 Å². The second-order valence-electron chi connectivity index (χ2n) is 6.62. The third kappa shape index (κ3) is 3.61. The Morgan fingerprint density at radius 2 is 1.86 bits per heavy atom. The van der Waals surface area contributed by atoms with Gasteiger partial charge in [0.25, 0.3) is 0 Å². The zero-order valence-corrected chi connectivity index (χ0v) is 16.7. The maximum atomic E-state index is 14.1. The molecule has 0 saturated heterocycles. The fraction of sp³-hybridized carbons (Fsp3) is 0.200. The second kappa shape index (κ2) is 7.32. The number of hydrogen-bond acceptors (Lipinski definition) is 6. The lowest BCUT2D eigenvalue weighted by atomic mass is 10.2. The first kappa shape index (κ1) is 19.1. The van der Waals surface area contributed by atoms with Crippen LogP contribution in [0.3, 0.4) is 0 Å². The first-order chi connectivity index (χ1) is 13.9. The highest BCUT2D eigenvalue weighted by Crippen LogP contribution is 2.26. The lowest BCUT2D eigenvalue weighted by molar-refractivity contribution is 0.589. The quantitative estimate of drug-likeness (QED) is 0.469. The zero-order valence-electron chi connectivity index (χ0n) is 15.9. The Labute approximate surface area is 167 Å². The minimum atomic E-state index is -3.53. The molecule has 7 nitrogen and oxygen atoms in total. The highest BCUT2D eigenvalue weighted by molar-refractivity contribution is 7.90. The summed E-state index contributed by atoms with van der Waals surface area (Å²) in [5, 5.41) is 5.19. The third-order valence-corrected chi connectivity index (χ3v) is 5.61. The van der Waals surface area contributed by atoms with E-state index in [1.54, 1.807) is 41.2 Å². The van der Waals surface area contributed by atoms with Crippen LogP contribution in [0.1, 0.15) is 18.1 Å². The van der Waals surface area contributed by atoms with Crippen LogP contribution in [-0.4, -0.2) is 39.4 Å². The van der Waals surface area contributed by atoms with Gasteiger partial charge in [-0.15, -0.1) is 0 Å².